The molecule has 1 aromatic heterocycles. The number of amides is 1. The van der Waals surface area contributed by atoms with Crippen LogP contribution < -0.4 is 10.6 Å². The second-order valence-corrected chi connectivity index (χ2v) is 5.73. The van der Waals surface area contributed by atoms with E-state index < -0.39 is 0 Å². The largest absolute Gasteiger partial charge is 0.349 e. The molecule has 1 amide bonds. The van der Waals surface area contributed by atoms with Gasteiger partial charge in [-0.3, -0.25) is 9.69 Å². The van der Waals surface area contributed by atoms with Crippen molar-refractivity contribution in [1.82, 2.24) is 30.5 Å². The molecule has 2 N–H and O–H groups in total. The zero-order chi connectivity index (χ0) is 16.1. The third-order valence-electron chi connectivity index (χ3n) is 3.92. The van der Waals surface area contributed by atoms with Gasteiger partial charge in [-0.2, -0.15) is 0 Å². The molecule has 0 bridgehead atoms. The van der Waals surface area contributed by atoms with E-state index in [9.17, 15) is 4.79 Å². The summed E-state index contributed by atoms with van der Waals surface area (Å²) < 4.78 is 1.62. The first-order chi connectivity index (χ1) is 11.2. The van der Waals surface area contributed by atoms with Crippen molar-refractivity contribution in [2.75, 3.05) is 39.3 Å². The quantitative estimate of drug-likeness (QED) is 0.825. The summed E-state index contributed by atoms with van der Waals surface area (Å²) >= 11 is 0. The van der Waals surface area contributed by atoms with Gasteiger partial charge in [-0.15, -0.1) is 5.10 Å². The van der Waals surface area contributed by atoms with Crippen molar-refractivity contribution in [2.24, 2.45) is 0 Å². The number of carbonyl (C=O) groups excluding carboxylic acids is 1. The third-order valence-corrected chi connectivity index (χ3v) is 3.92. The van der Waals surface area contributed by atoms with E-state index in [1.165, 1.54) is 0 Å². The van der Waals surface area contributed by atoms with Crippen LogP contribution in [0.3, 0.4) is 0 Å². The molecule has 0 aliphatic carbocycles. The van der Waals surface area contributed by atoms with Gasteiger partial charge in [0.05, 0.1) is 11.9 Å². The van der Waals surface area contributed by atoms with Gasteiger partial charge in [-0.25, -0.2) is 4.68 Å². The van der Waals surface area contributed by atoms with Crippen LogP contribution in [0.2, 0.25) is 0 Å². The van der Waals surface area contributed by atoms with Crippen LogP contribution in [0, 0.1) is 6.92 Å². The summed E-state index contributed by atoms with van der Waals surface area (Å²) in [6, 6.07) is 7.91. The lowest BCUT2D eigenvalue weighted by molar-refractivity contribution is 0.0942. The first-order valence-corrected chi connectivity index (χ1v) is 7.93. The number of aromatic nitrogens is 3. The molecule has 0 radical (unpaired) electrons. The van der Waals surface area contributed by atoms with E-state index in [0.717, 1.165) is 44.0 Å². The second kappa shape index (κ2) is 7.34. The molecule has 1 aromatic carbocycles. The zero-order valence-corrected chi connectivity index (χ0v) is 13.3. The molecular weight excluding hydrogens is 292 g/mol. The lowest BCUT2D eigenvalue weighted by atomic mass is 10.2. The van der Waals surface area contributed by atoms with Crippen molar-refractivity contribution in [3.05, 3.63) is 41.7 Å². The van der Waals surface area contributed by atoms with Crippen molar-refractivity contribution in [2.45, 2.75) is 6.92 Å². The number of piperazine rings is 1. The van der Waals surface area contributed by atoms with Gasteiger partial charge in [0.25, 0.3) is 5.91 Å². The normalized spacial score (nSPS) is 15.5. The summed E-state index contributed by atoms with van der Waals surface area (Å²) in [4.78, 5) is 14.5. The minimum absolute atomic E-state index is 0.181. The average Bonchev–Trinajstić information content (AvgIpc) is 3.06. The smallest absolute Gasteiger partial charge is 0.273 e. The van der Waals surface area contributed by atoms with Gasteiger partial charge < -0.3 is 10.6 Å². The number of benzene rings is 1. The molecule has 0 unspecified atom stereocenters. The van der Waals surface area contributed by atoms with Crippen LogP contribution in [-0.4, -0.2) is 65.1 Å². The van der Waals surface area contributed by atoms with Gasteiger partial charge in [0.1, 0.15) is 0 Å². The molecule has 1 aliphatic rings. The topological polar surface area (TPSA) is 75.1 Å². The minimum Gasteiger partial charge on any atom is -0.349 e. The van der Waals surface area contributed by atoms with Gasteiger partial charge >= 0.3 is 0 Å². The number of carbonyl (C=O) groups is 1. The molecule has 23 heavy (non-hydrogen) atoms. The fraction of sp³-hybridized carbons (Fsp3) is 0.438. The minimum atomic E-state index is -0.181. The van der Waals surface area contributed by atoms with E-state index in [4.69, 9.17) is 0 Å². The fourth-order valence-corrected chi connectivity index (χ4v) is 2.62. The maximum Gasteiger partial charge on any atom is 0.273 e. The van der Waals surface area contributed by atoms with E-state index in [0.29, 0.717) is 12.2 Å². The highest BCUT2D eigenvalue weighted by molar-refractivity contribution is 5.91. The molecule has 0 saturated carbocycles. The highest BCUT2D eigenvalue weighted by atomic mass is 16.2. The lowest BCUT2D eigenvalue weighted by Crippen LogP contribution is -2.46. The van der Waals surface area contributed by atoms with Gasteiger partial charge in [0.15, 0.2) is 5.69 Å². The van der Waals surface area contributed by atoms with Crippen LogP contribution in [0.25, 0.3) is 5.69 Å². The van der Waals surface area contributed by atoms with E-state index >= 15 is 0 Å². The van der Waals surface area contributed by atoms with Crippen molar-refractivity contribution in [3.8, 4) is 5.69 Å². The number of hydrogen-bond donors (Lipinski definition) is 2. The Morgan fingerprint density at radius 3 is 2.96 bits per heavy atom. The predicted molar refractivity (Wildman–Crippen MR) is 87.7 cm³/mol. The Morgan fingerprint density at radius 1 is 1.35 bits per heavy atom. The van der Waals surface area contributed by atoms with Crippen LogP contribution in [0.1, 0.15) is 16.1 Å². The molecule has 0 spiro atoms. The Morgan fingerprint density at radius 2 is 2.17 bits per heavy atom. The SMILES string of the molecule is Cc1cccc(-n2cc(C(=O)NCCN3CCNCC3)nn2)c1. The first kappa shape index (κ1) is 15.6. The maximum atomic E-state index is 12.1. The van der Waals surface area contributed by atoms with Crippen LogP contribution in [0.4, 0.5) is 0 Å². The number of nitrogens with zero attached hydrogens (tertiary/aromatic N) is 4. The molecule has 3 rings (SSSR count). The summed E-state index contributed by atoms with van der Waals surface area (Å²) in [5.41, 5.74) is 2.38. The predicted octanol–water partition coefficient (Wildman–Crippen LogP) is 0.211. The summed E-state index contributed by atoms with van der Waals surface area (Å²) in [6.45, 7) is 7.58. The first-order valence-electron chi connectivity index (χ1n) is 7.93. The van der Waals surface area contributed by atoms with E-state index in [-0.39, 0.29) is 5.91 Å². The third kappa shape index (κ3) is 4.14. The van der Waals surface area contributed by atoms with E-state index in [1.807, 2.05) is 31.2 Å². The van der Waals surface area contributed by atoms with Crippen LogP contribution in [-0.2, 0) is 0 Å². The van der Waals surface area contributed by atoms with Crippen molar-refractivity contribution in [1.29, 1.82) is 0 Å². The second-order valence-electron chi connectivity index (χ2n) is 5.73. The number of hydrogen-bond acceptors (Lipinski definition) is 5. The van der Waals surface area contributed by atoms with Crippen molar-refractivity contribution in [3.63, 3.8) is 0 Å². The van der Waals surface area contributed by atoms with Crippen molar-refractivity contribution < 1.29 is 4.79 Å². The Labute approximate surface area is 135 Å². The Balaban J connectivity index is 1.54. The molecule has 7 nitrogen and oxygen atoms in total. The van der Waals surface area contributed by atoms with Crippen LogP contribution in [0.15, 0.2) is 30.5 Å². The Hall–Kier alpha value is -2.25. The summed E-state index contributed by atoms with van der Waals surface area (Å²) in [5, 5.41) is 14.2. The molecule has 2 aromatic rings. The van der Waals surface area contributed by atoms with Gasteiger partial charge in [0.2, 0.25) is 0 Å². The molecule has 0 atom stereocenters. The number of aryl methyl sites for hydroxylation is 1. The lowest BCUT2D eigenvalue weighted by Gasteiger charge is -2.26. The summed E-state index contributed by atoms with van der Waals surface area (Å²) in [6.07, 6.45) is 1.66. The molecule has 7 heteroatoms. The van der Waals surface area contributed by atoms with E-state index in [2.05, 4.69) is 25.8 Å². The Bertz CT molecular complexity index is 662. The number of nitrogens with one attached hydrogen (secondary N) is 2. The van der Waals surface area contributed by atoms with Gasteiger partial charge in [-0.1, -0.05) is 17.3 Å². The molecule has 1 saturated heterocycles. The highest BCUT2D eigenvalue weighted by Crippen LogP contribution is 2.09. The molecular formula is C16H22N6O. The highest BCUT2D eigenvalue weighted by Gasteiger charge is 2.13. The van der Waals surface area contributed by atoms with Gasteiger partial charge in [0, 0.05) is 39.3 Å². The summed E-state index contributed by atoms with van der Waals surface area (Å²) in [5.74, 6) is -0.181. The zero-order valence-electron chi connectivity index (χ0n) is 13.3. The molecule has 122 valence electrons. The average molecular weight is 314 g/mol. The Kier molecular flexibility index (Phi) is 4.99. The standard InChI is InChI=1S/C16H22N6O/c1-13-3-2-4-14(11-13)22-12-15(19-20-22)16(23)18-7-10-21-8-5-17-6-9-21/h2-4,11-12,17H,5-10H2,1H3,(H,18,23). The van der Waals surface area contributed by atoms with E-state index in [1.54, 1.807) is 10.9 Å². The number of rotatable bonds is 5. The molecule has 1 aliphatic heterocycles. The fourth-order valence-electron chi connectivity index (χ4n) is 2.62. The summed E-state index contributed by atoms with van der Waals surface area (Å²) in [7, 11) is 0. The molecule has 1 fully saturated rings. The van der Waals surface area contributed by atoms with Gasteiger partial charge in [-0.05, 0) is 24.6 Å². The maximum absolute atomic E-state index is 12.1. The van der Waals surface area contributed by atoms with Crippen LogP contribution >= 0.6 is 0 Å². The van der Waals surface area contributed by atoms with Crippen molar-refractivity contribution >= 4 is 5.91 Å². The van der Waals surface area contributed by atoms with Crippen LogP contribution in [0.5, 0.6) is 0 Å². The molecule has 2 heterocycles. The monoisotopic (exact) mass is 314 g/mol.